The highest BCUT2D eigenvalue weighted by Gasteiger charge is 2.02. The van der Waals surface area contributed by atoms with Gasteiger partial charge in [-0.3, -0.25) is 14.3 Å². The lowest BCUT2D eigenvalue weighted by atomic mass is 10.3. The fourth-order valence-electron chi connectivity index (χ4n) is 1.14. The molecule has 0 aliphatic carbocycles. The van der Waals surface area contributed by atoms with E-state index in [0.29, 0.717) is 6.54 Å². The zero-order chi connectivity index (χ0) is 10.6. The minimum absolute atomic E-state index is 0.202. The van der Waals surface area contributed by atoms with Crippen molar-refractivity contribution in [2.45, 2.75) is 26.3 Å². The number of nitrogens with zero attached hydrogens (tertiary/aromatic N) is 1. The predicted octanol–water partition coefficient (Wildman–Crippen LogP) is 0.345. The summed E-state index contributed by atoms with van der Waals surface area (Å²) in [6, 6.07) is 1.27. The minimum atomic E-state index is -0.414. The molecule has 1 aromatic rings. The first kappa shape index (κ1) is 10.6. The quantitative estimate of drug-likeness (QED) is 0.759. The molecular weight excluding hydrogens is 184 g/mol. The Morgan fingerprint density at radius 1 is 1.50 bits per heavy atom. The van der Waals surface area contributed by atoms with Crippen LogP contribution in [-0.4, -0.2) is 16.7 Å². The molecular formula is C9H14N2O3. The molecule has 5 heteroatoms. The third kappa shape index (κ3) is 2.25. The molecule has 0 saturated heterocycles. The zero-order valence-electron chi connectivity index (χ0n) is 8.37. The number of aromatic nitrogens is 2. The molecule has 0 spiro atoms. The lowest BCUT2D eigenvalue weighted by Crippen LogP contribution is -2.34. The van der Waals surface area contributed by atoms with E-state index in [1.807, 2.05) is 6.92 Å². The van der Waals surface area contributed by atoms with Gasteiger partial charge in [0.1, 0.15) is 0 Å². The van der Waals surface area contributed by atoms with Crippen LogP contribution in [0.3, 0.4) is 0 Å². The van der Waals surface area contributed by atoms with E-state index in [2.05, 4.69) is 4.98 Å². The summed E-state index contributed by atoms with van der Waals surface area (Å²) in [5.41, 5.74) is -0.734. The average molecular weight is 198 g/mol. The summed E-state index contributed by atoms with van der Waals surface area (Å²) in [6.45, 7) is 2.46. The highest BCUT2D eigenvalue weighted by Crippen LogP contribution is 1.95. The van der Waals surface area contributed by atoms with Crippen molar-refractivity contribution < 1.29 is 4.74 Å². The van der Waals surface area contributed by atoms with Crippen LogP contribution < -0.4 is 16.0 Å². The summed E-state index contributed by atoms with van der Waals surface area (Å²) < 4.78 is 5.94. The molecule has 14 heavy (non-hydrogen) atoms. The van der Waals surface area contributed by atoms with Gasteiger partial charge in [-0.25, -0.2) is 4.79 Å². The van der Waals surface area contributed by atoms with Gasteiger partial charge in [0.05, 0.1) is 13.2 Å². The topological polar surface area (TPSA) is 64.1 Å². The van der Waals surface area contributed by atoms with Crippen LogP contribution >= 0.6 is 0 Å². The highest BCUT2D eigenvalue weighted by molar-refractivity contribution is 5.05. The lowest BCUT2D eigenvalue weighted by molar-refractivity contribution is 0.389. The third-order valence-electron chi connectivity index (χ3n) is 1.95. The van der Waals surface area contributed by atoms with Crippen LogP contribution in [0.1, 0.15) is 19.8 Å². The summed E-state index contributed by atoms with van der Waals surface area (Å²) in [4.78, 5) is 25.2. The normalized spacial score (nSPS) is 10.1. The predicted molar refractivity (Wildman–Crippen MR) is 52.8 cm³/mol. The van der Waals surface area contributed by atoms with Crippen molar-refractivity contribution >= 4 is 0 Å². The van der Waals surface area contributed by atoms with Crippen molar-refractivity contribution in [1.29, 1.82) is 0 Å². The molecule has 0 atom stereocenters. The van der Waals surface area contributed by atoms with Crippen molar-refractivity contribution in [3.8, 4) is 5.88 Å². The first-order valence-corrected chi connectivity index (χ1v) is 4.57. The van der Waals surface area contributed by atoms with Crippen molar-refractivity contribution in [3.63, 3.8) is 0 Å². The molecule has 1 heterocycles. The van der Waals surface area contributed by atoms with E-state index in [1.54, 1.807) is 0 Å². The minimum Gasteiger partial charge on any atom is -0.482 e. The molecule has 1 rings (SSSR count). The Morgan fingerprint density at radius 3 is 2.71 bits per heavy atom. The number of rotatable bonds is 4. The summed E-state index contributed by atoms with van der Waals surface area (Å²) in [7, 11) is 1.40. The number of methoxy groups -OCH3 is 1. The number of hydrogen-bond acceptors (Lipinski definition) is 3. The Kier molecular flexibility index (Phi) is 3.50. The molecule has 0 saturated carbocycles. The molecule has 5 nitrogen and oxygen atoms in total. The Hall–Kier alpha value is -1.52. The maximum Gasteiger partial charge on any atom is 0.331 e. The molecule has 0 fully saturated rings. The van der Waals surface area contributed by atoms with Crippen LogP contribution in [0.2, 0.25) is 0 Å². The van der Waals surface area contributed by atoms with Gasteiger partial charge < -0.3 is 4.74 Å². The van der Waals surface area contributed by atoms with E-state index < -0.39 is 5.69 Å². The molecule has 0 amide bonds. The summed E-state index contributed by atoms with van der Waals surface area (Å²) in [6.07, 6.45) is 1.76. The van der Waals surface area contributed by atoms with Crippen molar-refractivity contribution in [3.05, 3.63) is 26.9 Å². The van der Waals surface area contributed by atoms with Gasteiger partial charge in [0.15, 0.2) is 5.88 Å². The molecule has 0 aliphatic heterocycles. The molecule has 1 N–H and O–H groups in total. The maximum atomic E-state index is 11.4. The molecule has 0 radical (unpaired) electrons. The van der Waals surface area contributed by atoms with Crippen LogP contribution in [0.5, 0.6) is 5.88 Å². The summed E-state index contributed by atoms with van der Waals surface area (Å²) in [5.74, 6) is 0.202. The first-order chi connectivity index (χ1) is 6.69. The second-order valence-corrected chi connectivity index (χ2v) is 2.99. The number of H-pyrrole nitrogens is 1. The number of aromatic amines is 1. The number of hydrogen-bond donors (Lipinski definition) is 1. The molecule has 0 aromatic carbocycles. The van der Waals surface area contributed by atoms with Crippen LogP contribution in [0, 0.1) is 0 Å². The maximum absolute atomic E-state index is 11.4. The Balaban J connectivity index is 3.06. The molecule has 0 unspecified atom stereocenters. The standard InChI is InChI=1S/C9H14N2O3/c1-3-4-5-11-8(12)6-7(14-2)10-9(11)13/h6H,3-5H2,1-2H3,(H,10,13). The second kappa shape index (κ2) is 4.64. The summed E-state index contributed by atoms with van der Waals surface area (Å²) >= 11 is 0. The van der Waals surface area contributed by atoms with Gasteiger partial charge in [-0.1, -0.05) is 13.3 Å². The number of nitrogens with one attached hydrogen (secondary N) is 1. The van der Waals surface area contributed by atoms with Gasteiger partial charge in [-0.05, 0) is 6.42 Å². The SMILES string of the molecule is CCCCn1c(=O)cc(OC)[nH]c1=O. The number of unbranched alkanes of at least 4 members (excludes halogenated alkanes) is 1. The Morgan fingerprint density at radius 2 is 2.21 bits per heavy atom. The second-order valence-electron chi connectivity index (χ2n) is 2.99. The van der Waals surface area contributed by atoms with E-state index in [0.717, 1.165) is 12.8 Å². The van der Waals surface area contributed by atoms with Crippen LogP contribution in [0.25, 0.3) is 0 Å². The summed E-state index contributed by atoms with van der Waals surface area (Å²) in [5, 5.41) is 0. The van der Waals surface area contributed by atoms with Crippen LogP contribution in [0.15, 0.2) is 15.7 Å². The van der Waals surface area contributed by atoms with Crippen molar-refractivity contribution in [2.75, 3.05) is 7.11 Å². The highest BCUT2D eigenvalue weighted by atomic mass is 16.5. The van der Waals surface area contributed by atoms with Crippen molar-refractivity contribution in [1.82, 2.24) is 9.55 Å². The first-order valence-electron chi connectivity index (χ1n) is 4.57. The van der Waals surface area contributed by atoms with Gasteiger partial charge in [0.25, 0.3) is 5.56 Å². The monoisotopic (exact) mass is 198 g/mol. The fraction of sp³-hybridized carbons (Fsp3) is 0.556. The van der Waals surface area contributed by atoms with E-state index in [1.165, 1.54) is 17.7 Å². The Bertz CT molecular complexity index is 374. The lowest BCUT2D eigenvalue weighted by Gasteiger charge is -2.04. The van der Waals surface area contributed by atoms with Gasteiger partial charge in [-0.15, -0.1) is 0 Å². The molecule has 78 valence electrons. The fourth-order valence-corrected chi connectivity index (χ4v) is 1.14. The molecule has 0 bridgehead atoms. The van der Waals surface area contributed by atoms with E-state index in [-0.39, 0.29) is 11.4 Å². The third-order valence-corrected chi connectivity index (χ3v) is 1.95. The van der Waals surface area contributed by atoms with Gasteiger partial charge in [0, 0.05) is 6.54 Å². The van der Waals surface area contributed by atoms with Crippen LogP contribution in [0.4, 0.5) is 0 Å². The molecule has 0 aliphatic rings. The van der Waals surface area contributed by atoms with E-state index in [9.17, 15) is 9.59 Å². The van der Waals surface area contributed by atoms with Gasteiger partial charge >= 0.3 is 5.69 Å². The number of ether oxygens (including phenoxy) is 1. The zero-order valence-corrected chi connectivity index (χ0v) is 8.37. The van der Waals surface area contributed by atoms with E-state index >= 15 is 0 Å². The van der Waals surface area contributed by atoms with Crippen molar-refractivity contribution in [2.24, 2.45) is 0 Å². The smallest absolute Gasteiger partial charge is 0.331 e. The van der Waals surface area contributed by atoms with Crippen LogP contribution in [-0.2, 0) is 6.54 Å². The molecule has 1 aromatic heterocycles. The van der Waals surface area contributed by atoms with Gasteiger partial charge in [0.2, 0.25) is 0 Å². The largest absolute Gasteiger partial charge is 0.482 e. The van der Waals surface area contributed by atoms with E-state index in [4.69, 9.17) is 4.74 Å². The Labute approximate surface area is 81.3 Å². The average Bonchev–Trinajstić information content (AvgIpc) is 2.16. The van der Waals surface area contributed by atoms with Gasteiger partial charge in [-0.2, -0.15) is 0 Å².